The minimum Gasteiger partial charge on any atom is -0.278 e. The zero-order valence-corrected chi connectivity index (χ0v) is 6.70. The van der Waals surface area contributed by atoms with Crippen LogP contribution in [-0.4, -0.2) is 5.78 Å². The first kappa shape index (κ1) is 9.14. The maximum atomic E-state index is 12.4. The second-order valence-corrected chi connectivity index (χ2v) is 2.36. The lowest BCUT2D eigenvalue weighted by Gasteiger charge is -1.90. The van der Waals surface area contributed by atoms with Crippen LogP contribution in [0.5, 0.6) is 0 Å². The molecule has 2 nitrogen and oxygen atoms in total. The van der Waals surface area contributed by atoms with Crippen LogP contribution in [0.3, 0.4) is 0 Å². The van der Waals surface area contributed by atoms with Gasteiger partial charge in [0.2, 0.25) is 0 Å². The maximum absolute atomic E-state index is 12.4. The summed E-state index contributed by atoms with van der Waals surface area (Å²) in [6.45, 7) is 0. The SMILES string of the molecule is N#CC(=O)/C=C/c1ccc(F)cc1. The average molecular weight is 175 g/mol. The number of rotatable bonds is 2. The summed E-state index contributed by atoms with van der Waals surface area (Å²) in [5.74, 6) is -0.951. The molecule has 64 valence electrons. The molecule has 0 aliphatic heterocycles. The second-order valence-electron chi connectivity index (χ2n) is 2.36. The van der Waals surface area contributed by atoms with E-state index in [9.17, 15) is 9.18 Å². The molecule has 0 radical (unpaired) electrons. The first-order chi connectivity index (χ1) is 6.22. The fourth-order valence-electron chi connectivity index (χ4n) is 0.783. The van der Waals surface area contributed by atoms with E-state index >= 15 is 0 Å². The third kappa shape index (κ3) is 2.88. The van der Waals surface area contributed by atoms with E-state index in [1.54, 1.807) is 0 Å². The van der Waals surface area contributed by atoms with Crippen molar-refractivity contribution in [3.63, 3.8) is 0 Å². The zero-order valence-electron chi connectivity index (χ0n) is 6.70. The molecule has 0 saturated carbocycles. The van der Waals surface area contributed by atoms with Gasteiger partial charge in [-0.2, -0.15) is 5.26 Å². The van der Waals surface area contributed by atoms with Crippen LogP contribution in [-0.2, 0) is 4.79 Å². The number of halogens is 1. The van der Waals surface area contributed by atoms with Gasteiger partial charge in [0.25, 0.3) is 5.78 Å². The molecule has 0 saturated heterocycles. The molecule has 0 atom stereocenters. The topological polar surface area (TPSA) is 40.9 Å². The predicted molar refractivity (Wildman–Crippen MR) is 46.1 cm³/mol. The van der Waals surface area contributed by atoms with E-state index in [1.165, 1.54) is 36.4 Å². The third-order valence-corrected chi connectivity index (χ3v) is 1.41. The van der Waals surface area contributed by atoms with Gasteiger partial charge in [-0.05, 0) is 23.8 Å². The predicted octanol–water partition coefficient (Wildman–Crippen LogP) is 1.93. The molecule has 0 aliphatic carbocycles. The molecule has 1 aromatic rings. The van der Waals surface area contributed by atoms with Crippen LogP contribution >= 0.6 is 0 Å². The van der Waals surface area contributed by atoms with Gasteiger partial charge in [-0.15, -0.1) is 0 Å². The lowest BCUT2D eigenvalue weighted by molar-refractivity contribution is -0.109. The van der Waals surface area contributed by atoms with Gasteiger partial charge < -0.3 is 0 Å². The van der Waals surface area contributed by atoms with Crippen molar-refractivity contribution in [2.45, 2.75) is 0 Å². The highest BCUT2D eigenvalue weighted by Crippen LogP contribution is 2.04. The van der Waals surface area contributed by atoms with Crippen molar-refractivity contribution in [2.24, 2.45) is 0 Å². The van der Waals surface area contributed by atoms with Crippen LogP contribution in [0.2, 0.25) is 0 Å². The number of carbonyl (C=O) groups excluding carboxylic acids is 1. The van der Waals surface area contributed by atoms with E-state index in [4.69, 9.17) is 5.26 Å². The maximum Gasteiger partial charge on any atom is 0.255 e. The summed E-state index contributed by atoms with van der Waals surface area (Å²) < 4.78 is 12.4. The van der Waals surface area contributed by atoms with Gasteiger partial charge in [0, 0.05) is 0 Å². The van der Waals surface area contributed by atoms with Crippen LogP contribution < -0.4 is 0 Å². The van der Waals surface area contributed by atoms with Crippen molar-refractivity contribution in [3.05, 3.63) is 41.7 Å². The minimum atomic E-state index is -0.621. The molecule has 1 rings (SSSR count). The first-order valence-corrected chi connectivity index (χ1v) is 3.60. The van der Waals surface area contributed by atoms with Crippen molar-refractivity contribution in [1.29, 1.82) is 5.26 Å². The van der Waals surface area contributed by atoms with Crippen LogP contribution in [0.4, 0.5) is 4.39 Å². The Balaban J connectivity index is 2.76. The van der Waals surface area contributed by atoms with Crippen LogP contribution in [0.15, 0.2) is 30.3 Å². The molecule has 3 heteroatoms. The summed E-state index contributed by atoms with van der Waals surface area (Å²) >= 11 is 0. The second kappa shape index (κ2) is 4.17. The summed E-state index contributed by atoms with van der Waals surface area (Å²) in [5.41, 5.74) is 0.685. The Kier molecular flexibility index (Phi) is 2.93. The van der Waals surface area contributed by atoms with E-state index in [1.807, 2.05) is 0 Å². The van der Waals surface area contributed by atoms with Gasteiger partial charge in [0.05, 0.1) is 0 Å². The highest BCUT2D eigenvalue weighted by atomic mass is 19.1. The molecule has 0 spiro atoms. The quantitative estimate of drug-likeness (QED) is 0.509. The lowest BCUT2D eigenvalue weighted by Crippen LogP contribution is -1.83. The molecule has 0 fully saturated rings. The molecular formula is C10H6FNO. The number of carbonyl (C=O) groups is 1. The molecule has 0 N–H and O–H groups in total. The Hall–Kier alpha value is -1.95. The molecule has 0 amide bonds. The smallest absolute Gasteiger partial charge is 0.255 e. The van der Waals surface area contributed by atoms with Crippen molar-refractivity contribution >= 4 is 11.9 Å². The Morgan fingerprint density at radius 3 is 2.54 bits per heavy atom. The lowest BCUT2D eigenvalue weighted by atomic mass is 10.2. The van der Waals surface area contributed by atoms with Gasteiger partial charge >= 0.3 is 0 Å². The number of hydrogen-bond donors (Lipinski definition) is 0. The summed E-state index contributed by atoms with van der Waals surface area (Å²) in [4.78, 5) is 10.5. The number of nitrogens with zero attached hydrogens (tertiary/aromatic N) is 1. The van der Waals surface area contributed by atoms with Crippen LogP contribution in [0.25, 0.3) is 6.08 Å². The van der Waals surface area contributed by atoms with Crippen molar-refractivity contribution < 1.29 is 9.18 Å². The van der Waals surface area contributed by atoms with E-state index in [2.05, 4.69) is 0 Å². The van der Waals surface area contributed by atoms with E-state index in [0.717, 1.165) is 6.08 Å². The zero-order chi connectivity index (χ0) is 9.68. The largest absolute Gasteiger partial charge is 0.278 e. The van der Waals surface area contributed by atoms with Crippen LogP contribution in [0, 0.1) is 17.1 Å². The van der Waals surface area contributed by atoms with Gasteiger partial charge in [0.15, 0.2) is 0 Å². The Morgan fingerprint density at radius 2 is 2.00 bits per heavy atom. The molecule has 0 aromatic heterocycles. The number of hydrogen-bond acceptors (Lipinski definition) is 2. The number of nitriles is 1. The molecule has 0 bridgehead atoms. The summed E-state index contributed by atoms with van der Waals surface area (Å²) in [5, 5.41) is 8.15. The van der Waals surface area contributed by atoms with Gasteiger partial charge in [-0.25, -0.2) is 4.39 Å². The van der Waals surface area contributed by atoms with Crippen molar-refractivity contribution in [1.82, 2.24) is 0 Å². The standard InChI is InChI=1S/C10H6FNO/c11-9-4-1-8(2-5-9)3-6-10(13)7-12/h1-6H/b6-3+. The molecular weight excluding hydrogens is 169 g/mol. The van der Waals surface area contributed by atoms with E-state index < -0.39 is 5.78 Å². The Bertz CT molecular complexity index is 373. The fourth-order valence-corrected chi connectivity index (χ4v) is 0.783. The Morgan fingerprint density at radius 1 is 1.38 bits per heavy atom. The van der Waals surface area contributed by atoms with Gasteiger partial charge in [-0.1, -0.05) is 18.2 Å². The molecule has 13 heavy (non-hydrogen) atoms. The molecule has 0 aliphatic rings. The summed E-state index contributed by atoms with van der Waals surface area (Å²) in [6, 6.07) is 7.07. The van der Waals surface area contributed by atoms with E-state index in [-0.39, 0.29) is 5.82 Å². The van der Waals surface area contributed by atoms with Crippen molar-refractivity contribution in [2.75, 3.05) is 0 Å². The van der Waals surface area contributed by atoms with Crippen molar-refractivity contribution in [3.8, 4) is 6.07 Å². The average Bonchev–Trinajstić information content (AvgIpc) is 2.16. The third-order valence-electron chi connectivity index (χ3n) is 1.41. The number of benzene rings is 1. The summed E-state index contributed by atoms with van der Waals surface area (Å²) in [6.07, 6.45) is 2.61. The highest BCUT2D eigenvalue weighted by molar-refractivity contribution is 6.04. The number of ketones is 1. The fraction of sp³-hybridized carbons (Fsp3) is 0. The summed E-state index contributed by atoms with van der Waals surface area (Å²) in [7, 11) is 0. The van der Waals surface area contributed by atoms with Crippen LogP contribution in [0.1, 0.15) is 5.56 Å². The molecule has 0 unspecified atom stereocenters. The Labute approximate surface area is 74.9 Å². The minimum absolute atomic E-state index is 0.330. The first-order valence-electron chi connectivity index (χ1n) is 3.60. The monoisotopic (exact) mass is 175 g/mol. The highest BCUT2D eigenvalue weighted by Gasteiger charge is 1.91. The van der Waals surface area contributed by atoms with E-state index in [0.29, 0.717) is 5.56 Å². The molecule has 1 aromatic carbocycles. The van der Waals surface area contributed by atoms with Gasteiger partial charge in [0.1, 0.15) is 11.9 Å². The molecule has 0 heterocycles. The normalized spacial score (nSPS) is 9.85. The number of allylic oxidation sites excluding steroid dienone is 1. The van der Waals surface area contributed by atoms with Gasteiger partial charge in [-0.3, -0.25) is 4.79 Å².